The molecule has 0 fully saturated rings. The molecule has 2 atom stereocenters. The summed E-state index contributed by atoms with van der Waals surface area (Å²) in [6, 6.07) is 10.4. The normalized spacial score (nSPS) is 14.0. The van der Waals surface area contributed by atoms with E-state index in [2.05, 4.69) is 62.3 Å². The average molecular weight is 349 g/mol. The topological polar surface area (TPSA) is 20.2 Å². The van der Waals surface area contributed by atoms with Gasteiger partial charge in [-0.05, 0) is 18.6 Å². The van der Waals surface area contributed by atoms with E-state index in [9.17, 15) is 5.11 Å². The summed E-state index contributed by atoms with van der Waals surface area (Å²) < 4.78 is 0. The summed E-state index contributed by atoms with van der Waals surface area (Å²) in [7, 11) is -1.40. The zero-order valence-corrected chi connectivity index (χ0v) is 17.0. The Kier molecular flexibility index (Phi) is 9.70. The molecule has 1 aromatic rings. The van der Waals surface area contributed by atoms with Crippen molar-refractivity contribution in [1.82, 2.24) is 0 Å². The Labute approximate surface area is 148 Å². The van der Waals surface area contributed by atoms with Crippen LogP contribution in [-0.2, 0) is 0 Å². The Morgan fingerprint density at radius 2 is 1.78 bits per heavy atom. The molecule has 1 aromatic carbocycles. The fraction of sp³-hybridized carbons (Fsp3) is 0.600. The number of benzene rings is 1. The van der Waals surface area contributed by atoms with E-state index in [1.165, 1.54) is 24.2 Å². The molecule has 1 rings (SSSR count). The number of unbranched alkanes of at least 4 members (excludes halogenated alkanes) is 3. The number of hydrogen-bond donors (Lipinski definition) is 1. The molecule has 0 saturated carbocycles. The van der Waals surface area contributed by atoms with E-state index in [0.717, 1.165) is 18.6 Å². The number of rotatable bonds is 9. The maximum Gasteiger partial charge on any atom is 0.129 e. The Balaban J connectivity index is 2.62. The molecule has 23 heavy (non-hydrogen) atoms. The van der Waals surface area contributed by atoms with Crippen LogP contribution in [-0.4, -0.2) is 25.0 Å². The van der Waals surface area contributed by atoms with E-state index in [4.69, 9.17) is 0 Å². The second-order valence-corrected chi connectivity index (χ2v) is 13.0. The third kappa shape index (κ3) is 9.91. The van der Waals surface area contributed by atoms with Crippen LogP contribution in [0.5, 0.6) is 0 Å². The van der Waals surface area contributed by atoms with E-state index in [1.807, 2.05) is 6.07 Å². The Hall–Kier alpha value is -0.693. The molecule has 0 bridgehead atoms. The highest BCUT2D eigenvalue weighted by molar-refractivity contribution is 7.99. The molecule has 0 aliphatic heterocycles. The summed E-state index contributed by atoms with van der Waals surface area (Å²) in [5.74, 6) is 4.36. The lowest BCUT2D eigenvalue weighted by Crippen LogP contribution is -2.23. The van der Waals surface area contributed by atoms with Crippen molar-refractivity contribution in [3.8, 4) is 11.5 Å². The summed E-state index contributed by atoms with van der Waals surface area (Å²) in [6.45, 7) is 8.99. The molecule has 0 radical (unpaired) electrons. The second-order valence-electron chi connectivity index (χ2n) is 7.17. The van der Waals surface area contributed by atoms with Crippen LogP contribution in [0.25, 0.3) is 0 Å². The van der Waals surface area contributed by atoms with Gasteiger partial charge in [0.05, 0.1) is 12.0 Å². The van der Waals surface area contributed by atoms with Gasteiger partial charge in [0.1, 0.15) is 8.07 Å². The van der Waals surface area contributed by atoms with Crippen molar-refractivity contribution in [3.05, 3.63) is 30.3 Å². The monoisotopic (exact) mass is 348 g/mol. The van der Waals surface area contributed by atoms with Gasteiger partial charge < -0.3 is 5.11 Å². The lowest BCUT2D eigenvalue weighted by molar-refractivity contribution is 0.130. The van der Waals surface area contributed by atoms with E-state index < -0.39 is 8.07 Å². The summed E-state index contributed by atoms with van der Waals surface area (Å²) >= 11 is 1.80. The molecule has 0 saturated heterocycles. The molecule has 0 spiro atoms. The van der Waals surface area contributed by atoms with Crippen molar-refractivity contribution in [2.24, 2.45) is 5.92 Å². The standard InChI is InChI=1S/C20H32OSSi/c1-5-6-7-11-14-20(21)18(15-16-23(2,3)4)17-22-19-12-9-8-10-13-19/h8-10,12-13,18,20-21H,5-7,11,14,17H2,1-4H3/t18-,20-/m1/s1. The van der Waals surface area contributed by atoms with Crippen LogP contribution >= 0.6 is 11.8 Å². The minimum Gasteiger partial charge on any atom is -0.392 e. The Bertz CT molecular complexity index is 484. The molecule has 0 heterocycles. The zero-order chi connectivity index (χ0) is 17.1. The molecule has 1 nitrogen and oxygen atoms in total. The van der Waals surface area contributed by atoms with Gasteiger partial charge in [-0.25, -0.2) is 0 Å². The van der Waals surface area contributed by atoms with E-state index >= 15 is 0 Å². The summed E-state index contributed by atoms with van der Waals surface area (Å²) in [5.41, 5.74) is 3.46. The smallest absolute Gasteiger partial charge is 0.129 e. The van der Waals surface area contributed by atoms with Crippen LogP contribution in [0, 0.1) is 17.4 Å². The van der Waals surface area contributed by atoms with Gasteiger partial charge in [0.15, 0.2) is 0 Å². The largest absolute Gasteiger partial charge is 0.392 e. The Morgan fingerprint density at radius 1 is 1.09 bits per heavy atom. The van der Waals surface area contributed by atoms with E-state index in [0.29, 0.717) is 0 Å². The van der Waals surface area contributed by atoms with Gasteiger partial charge in [0.25, 0.3) is 0 Å². The molecular weight excluding hydrogens is 316 g/mol. The van der Waals surface area contributed by atoms with Crippen molar-refractivity contribution in [3.63, 3.8) is 0 Å². The lowest BCUT2D eigenvalue weighted by atomic mass is 9.99. The van der Waals surface area contributed by atoms with Gasteiger partial charge in [-0.15, -0.1) is 23.2 Å². The van der Waals surface area contributed by atoms with Gasteiger partial charge in [-0.3, -0.25) is 0 Å². The van der Waals surface area contributed by atoms with Crippen molar-refractivity contribution < 1.29 is 5.11 Å². The van der Waals surface area contributed by atoms with Crippen molar-refractivity contribution in [1.29, 1.82) is 0 Å². The lowest BCUT2D eigenvalue weighted by Gasteiger charge is -2.19. The minimum atomic E-state index is -1.40. The first-order chi connectivity index (χ1) is 10.9. The second kappa shape index (κ2) is 11.0. The van der Waals surface area contributed by atoms with Crippen LogP contribution in [0.2, 0.25) is 19.6 Å². The predicted octanol–water partition coefficient (Wildman–Crippen LogP) is 5.61. The van der Waals surface area contributed by atoms with Crippen molar-refractivity contribution in [2.45, 2.75) is 69.7 Å². The maximum atomic E-state index is 10.6. The van der Waals surface area contributed by atoms with E-state index in [1.54, 1.807) is 11.8 Å². The quantitative estimate of drug-likeness (QED) is 0.271. The summed E-state index contributed by atoms with van der Waals surface area (Å²) in [5, 5.41) is 10.6. The van der Waals surface area contributed by atoms with Gasteiger partial charge in [0.2, 0.25) is 0 Å². The molecule has 128 valence electrons. The van der Waals surface area contributed by atoms with Crippen molar-refractivity contribution in [2.75, 3.05) is 5.75 Å². The zero-order valence-electron chi connectivity index (χ0n) is 15.1. The van der Waals surface area contributed by atoms with Crippen LogP contribution in [0.15, 0.2) is 35.2 Å². The van der Waals surface area contributed by atoms with Gasteiger partial charge >= 0.3 is 0 Å². The highest BCUT2D eigenvalue weighted by Gasteiger charge is 2.18. The number of aliphatic hydroxyl groups is 1. The summed E-state index contributed by atoms with van der Waals surface area (Å²) in [4.78, 5) is 1.26. The minimum absolute atomic E-state index is 0.0774. The number of thioether (sulfide) groups is 1. The molecular formula is C20H32OSSi. The average Bonchev–Trinajstić information content (AvgIpc) is 2.51. The first-order valence-corrected chi connectivity index (χ1v) is 13.3. The van der Waals surface area contributed by atoms with Gasteiger partial charge in [0, 0.05) is 10.6 Å². The Morgan fingerprint density at radius 3 is 2.39 bits per heavy atom. The SMILES string of the molecule is CCCCCC[C@@H](O)[C@H](C#C[Si](C)(C)C)CSc1ccccc1. The molecule has 0 unspecified atom stereocenters. The molecule has 0 aliphatic carbocycles. The third-order valence-corrected chi connectivity index (χ3v) is 5.65. The fourth-order valence-electron chi connectivity index (χ4n) is 2.24. The molecule has 0 aromatic heterocycles. The molecule has 0 amide bonds. The first kappa shape index (κ1) is 20.4. The van der Waals surface area contributed by atoms with Crippen molar-refractivity contribution >= 4 is 19.8 Å². The van der Waals surface area contributed by atoms with Crippen LogP contribution in [0.1, 0.15) is 39.0 Å². The van der Waals surface area contributed by atoms with Crippen LogP contribution in [0.3, 0.4) is 0 Å². The van der Waals surface area contributed by atoms with E-state index in [-0.39, 0.29) is 12.0 Å². The highest BCUT2D eigenvalue weighted by Crippen LogP contribution is 2.23. The molecule has 3 heteroatoms. The predicted molar refractivity (Wildman–Crippen MR) is 107 cm³/mol. The van der Waals surface area contributed by atoms with Gasteiger partial charge in [-0.2, -0.15) is 0 Å². The van der Waals surface area contributed by atoms with Crippen LogP contribution in [0.4, 0.5) is 0 Å². The molecule has 1 N–H and O–H groups in total. The fourth-order valence-corrected chi connectivity index (χ4v) is 3.89. The van der Waals surface area contributed by atoms with Gasteiger partial charge in [-0.1, -0.05) is 70.4 Å². The number of hydrogen-bond acceptors (Lipinski definition) is 2. The summed E-state index contributed by atoms with van der Waals surface area (Å²) in [6.07, 6.45) is 5.39. The first-order valence-electron chi connectivity index (χ1n) is 8.81. The third-order valence-electron chi connectivity index (χ3n) is 3.62. The highest BCUT2D eigenvalue weighted by atomic mass is 32.2. The molecule has 0 aliphatic rings. The van der Waals surface area contributed by atoms with Crippen LogP contribution < -0.4 is 0 Å². The number of aliphatic hydroxyl groups excluding tert-OH is 1. The maximum absolute atomic E-state index is 10.6.